The van der Waals surface area contributed by atoms with Gasteiger partial charge in [0.25, 0.3) is 0 Å². The van der Waals surface area contributed by atoms with E-state index in [1.165, 1.54) is 6.92 Å². The van der Waals surface area contributed by atoms with Crippen LogP contribution in [-0.2, 0) is 17.5 Å². The molecule has 0 aromatic carbocycles. The van der Waals surface area contributed by atoms with Crippen molar-refractivity contribution in [1.29, 1.82) is 0 Å². The maximum absolute atomic E-state index is 12.8. The molecule has 1 rings (SSSR count). The molecule has 1 aromatic heterocycles. The van der Waals surface area contributed by atoms with Crippen molar-refractivity contribution < 1.29 is 22.7 Å². The Balaban J connectivity index is 3.45. The summed E-state index contributed by atoms with van der Waals surface area (Å²) in [5.74, 6) is 0.761. The van der Waals surface area contributed by atoms with Crippen molar-refractivity contribution in [2.24, 2.45) is 0 Å². The smallest absolute Gasteiger partial charge is 0.433 e. The van der Waals surface area contributed by atoms with Gasteiger partial charge in [-0.25, -0.2) is 4.79 Å². The van der Waals surface area contributed by atoms with E-state index in [2.05, 4.69) is 4.74 Å². The molecule has 0 fully saturated rings. The normalized spacial score (nSPS) is 11.1. The van der Waals surface area contributed by atoms with Crippen LogP contribution in [0.1, 0.15) is 22.3 Å². The Labute approximate surface area is 104 Å². The second kappa shape index (κ2) is 5.27. The number of nitrogens with zero attached hydrogens (tertiary/aromatic N) is 1. The van der Waals surface area contributed by atoms with Gasteiger partial charge in [0.2, 0.25) is 0 Å². The summed E-state index contributed by atoms with van der Waals surface area (Å²) in [5, 5.41) is 0. The lowest BCUT2D eigenvalue weighted by Crippen LogP contribution is -2.22. The lowest BCUT2D eigenvalue weighted by molar-refractivity contribution is -0.143. The predicted molar refractivity (Wildman–Crippen MR) is 58.4 cm³/mol. The van der Waals surface area contributed by atoms with E-state index >= 15 is 0 Å². The van der Waals surface area contributed by atoms with E-state index < -0.39 is 34.1 Å². The van der Waals surface area contributed by atoms with E-state index in [0.29, 0.717) is 4.57 Å². The molecule has 4 nitrogen and oxygen atoms in total. The minimum Gasteiger partial charge on any atom is -0.462 e. The SMILES string of the molecule is C#CCn1c(C(F)(F)F)c(C(=O)OCC)sc1=O. The molecule has 1 aromatic rings. The number of carbonyl (C=O) groups excluding carboxylic acids is 1. The second-order valence-electron chi connectivity index (χ2n) is 3.05. The number of alkyl halides is 3. The Bertz CT molecular complexity index is 550. The highest BCUT2D eigenvalue weighted by Crippen LogP contribution is 2.33. The van der Waals surface area contributed by atoms with Crippen molar-refractivity contribution in [3.05, 3.63) is 20.2 Å². The van der Waals surface area contributed by atoms with Crippen LogP contribution in [-0.4, -0.2) is 17.1 Å². The molecular weight excluding hydrogens is 271 g/mol. The summed E-state index contributed by atoms with van der Waals surface area (Å²) >= 11 is 0.173. The van der Waals surface area contributed by atoms with Gasteiger partial charge in [0.05, 0.1) is 13.2 Å². The van der Waals surface area contributed by atoms with Gasteiger partial charge in [-0.3, -0.25) is 9.36 Å². The van der Waals surface area contributed by atoms with Crippen LogP contribution < -0.4 is 4.87 Å². The fourth-order valence-electron chi connectivity index (χ4n) is 1.26. The fourth-order valence-corrected chi connectivity index (χ4v) is 2.16. The van der Waals surface area contributed by atoms with Gasteiger partial charge in [0, 0.05) is 0 Å². The average Bonchev–Trinajstić information content (AvgIpc) is 2.57. The molecule has 8 heteroatoms. The maximum Gasteiger partial charge on any atom is 0.433 e. The first-order valence-corrected chi connectivity index (χ1v) is 5.56. The van der Waals surface area contributed by atoms with Crippen molar-refractivity contribution in [1.82, 2.24) is 4.57 Å². The van der Waals surface area contributed by atoms with E-state index in [9.17, 15) is 22.8 Å². The monoisotopic (exact) mass is 279 g/mol. The van der Waals surface area contributed by atoms with Gasteiger partial charge in [-0.1, -0.05) is 17.3 Å². The molecule has 0 radical (unpaired) electrons. The van der Waals surface area contributed by atoms with Crippen molar-refractivity contribution in [2.75, 3.05) is 6.61 Å². The average molecular weight is 279 g/mol. The number of rotatable bonds is 3. The van der Waals surface area contributed by atoms with E-state index in [1.54, 1.807) is 0 Å². The molecule has 0 atom stereocenters. The Morgan fingerprint density at radius 3 is 2.61 bits per heavy atom. The van der Waals surface area contributed by atoms with Gasteiger partial charge in [0.1, 0.15) is 4.88 Å². The number of aromatic nitrogens is 1. The van der Waals surface area contributed by atoms with Gasteiger partial charge < -0.3 is 4.74 Å². The topological polar surface area (TPSA) is 48.3 Å². The second-order valence-corrected chi connectivity index (χ2v) is 4.02. The molecule has 0 saturated heterocycles. The van der Waals surface area contributed by atoms with Crippen LogP contribution in [0.3, 0.4) is 0 Å². The first kappa shape index (κ1) is 14.3. The summed E-state index contributed by atoms with van der Waals surface area (Å²) in [7, 11) is 0. The zero-order chi connectivity index (χ0) is 13.9. The number of thiazole rings is 1. The number of ether oxygens (including phenoxy) is 1. The van der Waals surface area contributed by atoms with Crippen molar-refractivity contribution in [2.45, 2.75) is 19.6 Å². The summed E-state index contributed by atoms with van der Waals surface area (Å²) in [6.45, 7) is 0.813. The van der Waals surface area contributed by atoms with Crippen LogP contribution in [0.15, 0.2) is 4.79 Å². The summed E-state index contributed by atoms with van der Waals surface area (Å²) in [6, 6.07) is 0. The molecule has 0 aliphatic carbocycles. The van der Waals surface area contributed by atoms with Gasteiger partial charge in [-0.15, -0.1) is 6.42 Å². The molecule has 0 aliphatic heterocycles. The lowest BCUT2D eigenvalue weighted by Gasteiger charge is -2.10. The van der Waals surface area contributed by atoms with Crippen LogP contribution in [0.2, 0.25) is 0 Å². The largest absolute Gasteiger partial charge is 0.462 e. The molecule has 0 saturated carbocycles. The van der Waals surface area contributed by atoms with E-state index in [0.717, 1.165) is 0 Å². The van der Waals surface area contributed by atoms with Crippen molar-refractivity contribution >= 4 is 17.3 Å². The van der Waals surface area contributed by atoms with Gasteiger partial charge >= 0.3 is 17.0 Å². The Hall–Kier alpha value is -1.75. The first-order chi connectivity index (χ1) is 8.32. The van der Waals surface area contributed by atoms with Crippen molar-refractivity contribution in [3.8, 4) is 12.3 Å². The highest BCUT2D eigenvalue weighted by Gasteiger charge is 2.41. The first-order valence-electron chi connectivity index (χ1n) is 4.74. The molecule has 0 spiro atoms. The quantitative estimate of drug-likeness (QED) is 0.625. The van der Waals surface area contributed by atoms with Gasteiger partial charge in [-0.05, 0) is 6.92 Å². The van der Waals surface area contributed by atoms with Crippen LogP contribution in [0.5, 0.6) is 0 Å². The number of hydrogen-bond donors (Lipinski definition) is 0. The number of halogens is 3. The third-order valence-corrected chi connectivity index (χ3v) is 2.83. The standard InChI is InChI=1S/C10H8F3NO3S/c1-3-5-14-7(10(11,12)13)6(18-9(14)16)8(15)17-4-2/h1H,4-5H2,2H3. The summed E-state index contributed by atoms with van der Waals surface area (Å²) in [5.41, 5.74) is -1.35. The van der Waals surface area contributed by atoms with E-state index in [-0.39, 0.29) is 17.9 Å². The highest BCUT2D eigenvalue weighted by molar-refractivity contribution is 7.11. The third kappa shape index (κ3) is 2.73. The molecular formula is C10H8F3NO3S. The number of carbonyl (C=O) groups is 1. The Morgan fingerprint density at radius 1 is 1.56 bits per heavy atom. The molecule has 0 aliphatic rings. The molecule has 0 bridgehead atoms. The van der Waals surface area contributed by atoms with Crippen LogP contribution in [0, 0.1) is 12.3 Å². The van der Waals surface area contributed by atoms with Gasteiger partial charge in [-0.2, -0.15) is 13.2 Å². The lowest BCUT2D eigenvalue weighted by atomic mass is 10.3. The minimum atomic E-state index is -4.85. The third-order valence-electron chi connectivity index (χ3n) is 1.87. The number of terminal acetylenes is 1. The van der Waals surface area contributed by atoms with Crippen LogP contribution in [0.4, 0.5) is 13.2 Å². The fraction of sp³-hybridized carbons (Fsp3) is 0.400. The molecule has 98 valence electrons. The minimum absolute atomic E-state index is 0.0860. The van der Waals surface area contributed by atoms with E-state index in [1.807, 2.05) is 5.92 Å². The summed E-state index contributed by atoms with van der Waals surface area (Å²) in [4.78, 5) is 21.0. The number of hydrogen-bond acceptors (Lipinski definition) is 4. The van der Waals surface area contributed by atoms with Crippen molar-refractivity contribution in [3.63, 3.8) is 0 Å². The van der Waals surface area contributed by atoms with E-state index in [4.69, 9.17) is 6.42 Å². The summed E-state index contributed by atoms with van der Waals surface area (Å²) < 4.78 is 43.3. The molecule has 0 amide bonds. The number of esters is 1. The molecule has 1 heterocycles. The highest BCUT2D eigenvalue weighted by atomic mass is 32.1. The van der Waals surface area contributed by atoms with Crippen LogP contribution in [0.25, 0.3) is 0 Å². The zero-order valence-corrected chi connectivity index (χ0v) is 10.0. The maximum atomic E-state index is 12.8. The zero-order valence-electron chi connectivity index (χ0n) is 9.21. The summed E-state index contributed by atoms with van der Waals surface area (Å²) in [6.07, 6.45) is 0.0479. The predicted octanol–water partition coefficient (Wildman–Crippen LogP) is 1.74. The Morgan fingerprint density at radius 2 is 2.17 bits per heavy atom. The molecule has 0 unspecified atom stereocenters. The molecule has 18 heavy (non-hydrogen) atoms. The van der Waals surface area contributed by atoms with Gasteiger partial charge in [0.15, 0.2) is 5.69 Å². The van der Waals surface area contributed by atoms with Crippen LogP contribution >= 0.6 is 11.3 Å². The Kier molecular flexibility index (Phi) is 4.19. The molecule has 0 N–H and O–H groups in total.